The molecule has 0 aliphatic heterocycles. The highest BCUT2D eigenvalue weighted by molar-refractivity contribution is 7.25. The lowest BCUT2D eigenvalue weighted by Crippen LogP contribution is -1.87. The van der Waals surface area contributed by atoms with Gasteiger partial charge in [0.25, 0.3) is 0 Å². The van der Waals surface area contributed by atoms with E-state index >= 15 is 0 Å². The number of aryl methyl sites for hydroxylation is 2. The average Bonchev–Trinajstić information content (AvgIpc) is 3.23. The van der Waals surface area contributed by atoms with E-state index in [1.165, 1.54) is 52.8 Å². The zero-order chi connectivity index (χ0) is 21.8. The van der Waals surface area contributed by atoms with Gasteiger partial charge in [-0.3, -0.25) is 0 Å². The van der Waals surface area contributed by atoms with E-state index in [2.05, 4.69) is 111 Å². The van der Waals surface area contributed by atoms with Gasteiger partial charge in [0.05, 0.1) is 0 Å². The molecule has 5 aromatic carbocycles. The van der Waals surface area contributed by atoms with Crippen molar-refractivity contribution in [1.82, 2.24) is 0 Å². The Kier molecular flexibility index (Phi) is 6.34. The first kappa shape index (κ1) is 21.1. The van der Waals surface area contributed by atoms with E-state index in [9.17, 15) is 0 Å². The molecule has 154 valence electrons. The Morgan fingerprint density at radius 3 is 1.06 bits per heavy atom. The monoisotopic (exact) mass is 420 g/mol. The predicted octanol–water partition coefficient (Wildman–Crippen LogP) is 9.69. The molecule has 0 amide bonds. The van der Waals surface area contributed by atoms with Gasteiger partial charge in [-0.05, 0) is 58.7 Å². The van der Waals surface area contributed by atoms with Crippen molar-refractivity contribution in [3.63, 3.8) is 0 Å². The first-order chi connectivity index (χ1) is 15.2. The zero-order valence-corrected chi connectivity index (χ0v) is 19.5. The third-order valence-electron chi connectivity index (χ3n) is 5.80. The van der Waals surface area contributed by atoms with E-state index < -0.39 is 0 Å². The number of rotatable bonds is 0. The minimum atomic E-state index is 1.36. The van der Waals surface area contributed by atoms with Crippen molar-refractivity contribution in [2.24, 2.45) is 0 Å². The molecule has 0 radical (unpaired) electrons. The third kappa shape index (κ3) is 3.94. The fraction of sp³-hybridized carbons (Fsp3) is 0.133. The molecule has 1 heterocycles. The standard InChI is InChI=1S/C16H14.C12H8S.C2H6/c1-11-12(2)14-8-4-6-10-16(14)15-9-5-3-7-13(11)15;1-3-7-11-9(5-1)10-6-2-4-8-12(10)13-11;1-2/h3-10H,1-2H3;1-8H;1-2H3. The molecule has 6 rings (SSSR count). The largest absolute Gasteiger partial charge is 0.135 e. The second kappa shape index (κ2) is 9.32. The van der Waals surface area contributed by atoms with Crippen LogP contribution >= 0.6 is 11.3 Å². The van der Waals surface area contributed by atoms with Crippen LogP contribution in [0.15, 0.2) is 97.1 Å². The van der Waals surface area contributed by atoms with Gasteiger partial charge >= 0.3 is 0 Å². The van der Waals surface area contributed by atoms with E-state index in [1.54, 1.807) is 0 Å². The molecule has 31 heavy (non-hydrogen) atoms. The number of thiophene rings is 1. The molecular weight excluding hydrogens is 392 g/mol. The Morgan fingerprint density at radius 2 is 0.677 bits per heavy atom. The van der Waals surface area contributed by atoms with E-state index in [1.807, 2.05) is 25.2 Å². The van der Waals surface area contributed by atoms with Crippen LogP contribution in [0.4, 0.5) is 0 Å². The van der Waals surface area contributed by atoms with Crippen molar-refractivity contribution < 1.29 is 0 Å². The quantitative estimate of drug-likeness (QED) is 0.214. The second-order valence-electron chi connectivity index (χ2n) is 7.44. The predicted molar refractivity (Wildman–Crippen MR) is 142 cm³/mol. The maximum absolute atomic E-state index is 2.21. The second-order valence-corrected chi connectivity index (χ2v) is 8.52. The van der Waals surface area contributed by atoms with Gasteiger partial charge in [-0.1, -0.05) is 98.8 Å². The summed E-state index contributed by atoms with van der Waals surface area (Å²) in [7, 11) is 0. The molecule has 1 aromatic heterocycles. The van der Waals surface area contributed by atoms with Crippen LogP contribution in [0.3, 0.4) is 0 Å². The fourth-order valence-electron chi connectivity index (χ4n) is 4.17. The highest BCUT2D eigenvalue weighted by Crippen LogP contribution is 2.33. The van der Waals surface area contributed by atoms with Crippen LogP contribution in [0.25, 0.3) is 41.7 Å². The van der Waals surface area contributed by atoms with Gasteiger partial charge in [0, 0.05) is 20.2 Å². The van der Waals surface area contributed by atoms with Crippen LogP contribution in [0.2, 0.25) is 0 Å². The number of benzene rings is 5. The highest BCUT2D eigenvalue weighted by Gasteiger charge is 2.06. The maximum Gasteiger partial charge on any atom is 0.0355 e. The molecule has 0 spiro atoms. The molecule has 1 heteroatoms. The Hall–Kier alpha value is -3.16. The van der Waals surface area contributed by atoms with Crippen LogP contribution in [0.5, 0.6) is 0 Å². The van der Waals surface area contributed by atoms with Crippen molar-refractivity contribution in [2.75, 3.05) is 0 Å². The van der Waals surface area contributed by atoms with Crippen molar-refractivity contribution in [3.8, 4) is 0 Å². The van der Waals surface area contributed by atoms with Crippen molar-refractivity contribution in [2.45, 2.75) is 27.7 Å². The van der Waals surface area contributed by atoms with Crippen molar-refractivity contribution >= 4 is 53.1 Å². The molecule has 0 saturated carbocycles. The molecule has 0 atom stereocenters. The Bertz CT molecular complexity index is 1360. The van der Waals surface area contributed by atoms with Crippen molar-refractivity contribution in [1.29, 1.82) is 0 Å². The lowest BCUT2D eigenvalue weighted by atomic mass is 9.93. The average molecular weight is 421 g/mol. The SMILES string of the molecule is CC.Cc1c(C)c2ccccc2c2ccccc12.c1ccc2c(c1)sc1ccccc12. The summed E-state index contributed by atoms with van der Waals surface area (Å²) in [5.41, 5.74) is 2.80. The molecule has 0 aliphatic rings. The summed E-state index contributed by atoms with van der Waals surface area (Å²) in [5, 5.41) is 8.23. The molecular formula is C30H28S. The minimum Gasteiger partial charge on any atom is -0.135 e. The van der Waals surface area contributed by atoms with Gasteiger partial charge in [-0.25, -0.2) is 0 Å². The summed E-state index contributed by atoms with van der Waals surface area (Å²) in [6.45, 7) is 8.42. The fourth-order valence-corrected chi connectivity index (χ4v) is 5.27. The summed E-state index contributed by atoms with van der Waals surface area (Å²) >= 11 is 1.86. The maximum atomic E-state index is 2.21. The minimum absolute atomic E-state index is 1.36. The van der Waals surface area contributed by atoms with Crippen LogP contribution in [0, 0.1) is 13.8 Å². The first-order valence-electron chi connectivity index (χ1n) is 11.0. The van der Waals surface area contributed by atoms with Gasteiger partial charge < -0.3 is 0 Å². The van der Waals surface area contributed by atoms with Crippen LogP contribution < -0.4 is 0 Å². The molecule has 0 N–H and O–H groups in total. The summed E-state index contributed by atoms with van der Waals surface area (Å²) in [6.07, 6.45) is 0. The van der Waals surface area contributed by atoms with Gasteiger partial charge in [-0.15, -0.1) is 11.3 Å². The van der Waals surface area contributed by atoms with Crippen LogP contribution in [0.1, 0.15) is 25.0 Å². The Morgan fingerprint density at radius 1 is 0.387 bits per heavy atom. The molecule has 0 unspecified atom stereocenters. The molecule has 6 aromatic rings. The number of hydrogen-bond donors (Lipinski definition) is 0. The Labute approximate surface area is 188 Å². The van der Waals surface area contributed by atoms with Gasteiger partial charge in [0.15, 0.2) is 0 Å². The lowest BCUT2D eigenvalue weighted by Gasteiger charge is -2.11. The van der Waals surface area contributed by atoms with Crippen molar-refractivity contribution in [3.05, 3.63) is 108 Å². The Balaban J connectivity index is 0.000000141. The summed E-state index contributed by atoms with van der Waals surface area (Å²) in [6, 6.07) is 34.4. The molecule has 0 bridgehead atoms. The first-order valence-corrected chi connectivity index (χ1v) is 11.8. The normalized spacial score (nSPS) is 10.6. The zero-order valence-electron chi connectivity index (χ0n) is 18.6. The van der Waals surface area contributed by atoms with Crippen LogP contribution in [-0.4, -0.2) is 0 Å². The number of hydrogen-bond acceptors (Lipinski definition) is 1. The topological polar surface area (TPSA) is 0 Å². The molecule has 0 saturated heterocycles. The van der Waals surface area contributed by atoms with Crippen LogP contribution in [-0.2, 0) is 0 Å². The molecule has 0 aliphatic carbocycles. The summed E-state index contributed by atoms with van der Waals surface area (Å²) in [4.78, 5) is 0. The number of fused-ring (bicyclic) bond motifs is 6. The molecule has 0 fully saturated rings. The van der Waals surface area contributed by atoms with Gasteiger partial charge in [0.1, 0.15) is 0 Å². The smallest absolute Gasteiger partial charge is 0.0355 e. The molecule has 0 nitrogen and oxygen atoms in total. The summed E-state index contributed by atoms with van der Waals surface area (Å²) < 4.78 is 2.76. The van der Waals surface area contributed by atoms with E-state index in [-0.39, 0.29) is 0 Å². The lowest BCUT2D eigenvalue weighted by molar-refractivity contribution is 1.41. The van der Waals surface area contributed by atoms with Gasteiger partial charge in [-0.2, -0.15) is 0 Å². The van der Waals surface area contributed by atoms with E-state index in [0.29, 0.717) is 0 Å². The highest BCUT2D eigenvalue weighted by atomic mass is 32.1. The third-order valence-corrected chi connectivity index (χ3v) is 6.95. The van der Waals surface area contributed by atoms with E-state index in [0.717, 1.165) is 0 Å². The van der Waals surface area contributed by atoms with Gasteiger partial charge in [0.2, 0.25) is 0 Å². The van der Waals surface area contributed by atoms with E-state index in [4.69, 9.17) is 0 Å². The summed E-state index contributed by atoms with van der Waals surface area (Å²) in [5.74, 6) is 0.